The van der Waals surface area contributed by atoms with Crippen LogP contribution in [0.2, 0.25) is 0 Å². The van der Waals surface area contributed by atoms with Gasteiger partial charge in [-0.2, -0.15) is 5.26 Å². The van der Waals surface area contributed by atoms with E-state index in [1.165, 1.54) is 6.42 Å². The highest BCUT2D eigenvalue weighted by molar-refractivity contribution is 5.81. The summed E-state index contributed by atoms with van der Waals surface area (Å²) >= 11 is 0. The number of nitrogens with zero attached hydrogens (tertiary/aromatic N) is 1. The predicted octanol–water partition coefficient (Wildman–Crippen LogP) is 4.58. The molecule has 110 valence electrons. The number of aliphatic hydroxyl groups excluding tert-OH is 1. The van der Waals surface area contributed by atoms with Crippen molar-refractivity contribution in [2.45, 2.75) is 45.1 Å². The van der Waals surface area contributed by atoms with Gasteiger partial charge in [-0.25, -0.2) is 0 Å². The first-order chi connectivity index (χ1) is 10.2. The quantitative estimate of drug-likeness (QED) is 0.897. The number of rotatable bonds is 3. The highest BCUT2D eigenvalue weighted by Gasteiger charge is 2.43. The Hall–Kier alpha value is -1.79. The number of benzene rings is 1. The van der Waals surface area contributed by atoms with E-state index in [4.69, 9.17) is 4.42 Å². The Morgan fingerprint density at radius 2 is 2.29 bits per heavy atom. The first-order valence-electron chi connectivity index (χ1n) is 7.75. The molecule has 2 aromatic rings. The van der Waals surface area contributed by atoms with Crippen LogP contribution in [0.3, 0.4) is 0 Å². The monoisotopic (exact) mass is 283 g/mol. The summed E-state index contributed by atoms with van der Waals surface area (Å²) in [7, 11) is 0. The standard InChI is InChI=1S/C18H21NO2/c1-2-13-6-5-9-18(10-13,12-19)17(20)15-11-21-16-8-4-3-7-14(15)16/h3-4,7-8,11,13,17,20H,2,5-6,9-10H2,1H3. The van der Waals surface area contributed by atoms with Gasteiger partial charge >= 0.3 is 0 Å². The maximum Gasteiger partial charge on any atom is 0.134 e. The fourth-order valence-electron chi connectivity index (χ4n) is 3.69. The molecule has 1 aromatic heterocycles. The second-order valence-electron chi connectivity index (χ2n) is 6.23. The lowest BCUT2D eigenvalue weighted by Gasteiger charge is -2.38. The summed E-state index contributed by atoms with van der Waals surface area (Å²) in [5, 5.41) is 21.6. The van der Waals surface area contributed by atoms with E-state index in [0.29, 0.717) is 5.92 Å². The molecule has 1 saturated carbocycles. The molecule has 1 aliphatic rings. The molecule has 1 aliphatic carbocycles. The molecule has 0 bridgehead atoms. The summed E-state index contributed by atoms with van der Waals surface area (Å²) in [4.78, 5) is 0. The third-order valence-electron chi connectivity index (χ3n) is 5.02. The van der Waals surface area contributed by atoms with Crippen molar-refractivity contribution in [3.63, 3.8) is 0 Å². The van der Waals surface area contributed by atoms with Crippen molar-refractivity contribution in [1.29, 1.82) is 5.26 Å². The van der Waals surface area contributed by atoms with Crippen LogP contribution in [0.15, 0.2) is 34.9 Å². The first kappa shape index (κ1) is 14.2. The number of para-hydroxylation sites is 1. The van der Waals surface area contributed by atoms with Crippen molar-refractivity contribution in [2.24, 2.45) is 11.3 Å². The normalized spacial score (nSPS) is 27.4. The van der Waals surface area contributed by atoms with Crippen LogP contribution in [0.4, 0.5) is 0 Å². The first-order valence-corrected chi connectivity index (χ1v) is 7.75. The zero-order valence-corrected chi connectivity index (χ0v) is 12.4. The zero-order valence-electron chi connectivity index (χ0n) is 12.4. The SMILES string of the molecule is CCC1CCCC(C#N)(C(O)c2coc3ccccc23)C1. The number of aliphatic hydroxyl groups is 1. The lowest BCUT2D eigenvalue weighted by Crippen LogP contribution is -2.33. The summed E-state index contributed by atoms with van der Waals surface area (Å²) in [6.07, 6.45) is 5.63. The van der Waals surface area contributed by atoms with Gasteiger partial charge in [0.15, 0.2) is 0 Å². The van der Waals surface area contributed by atoms with E-state index >= 15 is 0 Å². The lowest BCUT2D eigenvalue weighted by atomic mass is 9.65. The summed E-state index contributed by atoms with van der Waals surface area (Å²) in [6, 6.07) is 10.1. The van der Waals surface area contributed by atoms with Gasteiger partial charge in [0.2, 0.25) is 0 Å². The Kier molecular flexibility index (Phi) is 3.73. The highest BCUT2D eigenvalue weighted by Crippen LogP contribution is 2.49. The van der Waals surface area contributed by atoms with Crippen LogP contribution in [0.5, 0.6) is 0 Å². The van der Waals surface area contributed by atoms with Crippen LogP contribution in [0.25, 0.3) is 11.0 Å². The van der Waals surface area contributed by atoms with Crippen molar-refractivity contribution in [1.82, 2.24) is 0 Å². The minimum Gasteiger partial charge on any atom is -0.464 e. The molecule has 1 N–H and O–H groups in total. The summed E-state index contributed by atoms with van der Waals surface area (Å²) in [5.41, 5.74) is 0.845. The van der Waals surface area contributed by atoms with Crippen LogP contribution >= 0.6 is 0 Å². The van der Waals surface area contributed by atoms with Gasteiger partial charge in [-0.3, -0.25) is 0 Å². The second kappa shape index (κ2) is 5.54. The smallest absolute Gasteiger partial charge is 0.134 e. The summed E-state index contributed by atoms with van der Waals surface area (Å²) < 4.78 is 5.53. The van der Waals surface area contributed by atoms with Gasteiger partial charge in [0.25, 0.3) is 0 Å². The maximum absolute atomic E-state index is 10.9. The van der Waals surface area contributed by atoms with E-state index in [1.807, 2.05) is 24.3 Å². The van der Waals surface area contributed by atoms with Crippen molar-refractivity contribution >= 4 is 11.0 Å². The Balaban J connectivity index is 1.99. The number of fused-ring (bicyclic) bond motifs is 1. The molecule has 0 aliphatic heterocycles. The molecule has 3 unspecified atom stereocenters. The number of hydrogen-bond acceptors (Lipinski definition) is 3. The van der Waals surface area contributed by atoms with E-state index < -0.39 is 11.5 Å². The van der Waals surface area contributed by atoms with E-state index in [0.717, 1.165) is 42.2 Å². The molecule has 1 aromatic carbocycles. The minimum absolute atomic E-state index is 0.534. The molecule has 3 rings (SSSR count). The third-order valence-corrected chi connectivity index (χ3v) is 5.02. The molecule has 0 radical (unpaired) electrons. The van der Waals surface area contributed by atoms with Crippen LogP contribution in [-0.2, 0) is 0 Å². The fraction of sp³-hybridized carbons (Fsp3) is 0.500. The molecule has 21 heavy (non-hydrogen) atoms. The van der Waals surface area contributed by atoms with Crippen molar-refractivity contribution < 1.29 is 9.52 Å². The van der Waals surface area contributed by atoms with Gasteiger partial charge in [-0.15, -0.1) is 0 Å². The van der Waals surface area contributed by atoms with E-state index in [9.17, 15) is 10.4 Å². The lowest BCUT2D eigenvalue weighted by molar-refractivity contribution is 0.0190. The molecular formula is C18H21NO2. The maximum atomic E-state index is 10.9. The number of nitriles is 1. The molecule has 1 heterocycles. The Bertz CT molecular complexity index is 669. The molecule has 3 nitrogen and oxygen atoms in total. The van der Waals surface area contributed by atoms with E-state index in [1.54, 1.807) is 6.26 Å². The molecule has 0 saturated heterocycles. The minimum atomic E-state index is -0.777. The van der Waals surface area contributed by atoms with E-state index in [2.05, 4.69) is 13.0 Å². The molecule has 0 amide bonds. The average molecular weight is 283 g/mol. The van der Waals surface area contributed by atoms with Crippen molar-refractivity contribution in [2.75, 3.05) is 0 Å². The van der Waals surface area contributed by atoms with Gasteiger partial charge in [0, 0.05) is 10.9 Å². The van der Waals surface area contributed by atoms with Gasteiger partial charge in [-0.05, 0) is 24.8 Å². The Morgan fingerprint density at radius 1 is 1.48 bits per heavy atom. The van der Waals surface area contributed by atoms with Gasteiger partial charge < -0.3 is 9.52 Å². The third kappa shape index (κ3) is 2.34. The fourth-order valence-corrected chi connectivity index (χ4v) is 3.69. The number of furan rings is 1. The molecular weight excluding hydrogens is 262 g/mol. The van der Waals surface area contributed by atoms with Crippen molar-refractivity contribution in [3.8, 4) is 6.07 Å². The highest BCUT2D eigenvalue weighted by atomic mass is 16.3. The van der Waals surface area contributed by atoms with Crippen LogP contribution in [-0.4, -0.2) is 5.11 Å². The average Bonchev–Trinajstić information content (AvgIpc) is 2.98. The molecule has 3 atom stereocenters. The van der Waals surface area contributed by atoms with Gasteiger partial charge in [0.1, 0.15) is 11.7 Å². The number of hydrogen-bond donors (Lipinski definition) is 1. The van der Waals surface area contributed by atoms with Crippen molar-refractivity contribution in [3.05, 3.63) is 36.1 Å². The largest absolute Gasteiger partial charge is 0.464 e. The summed E-state index contributed by atoms with van der Waals surface area (Å²) in [5.74, 6) is 0.534. The molecule has 3 heteroatoms. The topological polar surface area (TPSA) is 57.2 Å². The molecule has 1 fully saturated rings. The van der Waals surface area contributed by atoms with Gasteiger partial charge in [0.05, 0.1) is 17.7 Å². The van der Waals surface area contributed by atoms with Crippen LogP contribution in [0, 0.1) is 22.7 Å². The Morgan fingerprint density at radius 3 is 3.05 bits per heavy atom. The van der Waals surface area contributed by atoms with Gasteiger partial charge in [-0.1, -0.05) is 44.4 Å². The zero-order chi connectivity index (χ0) is 14.9. The Labute approximate surface area is 125 Å². The molecule has 0 spiro atoms. The van der Waals surface area contributed by atoms with E-state index in [-0.39, 0.29) is 0 Å². The predicted molar refractivity (Wildman–Crippen MR) is 81.5 cm³/mol. The summed E-state index contributed by atoms with van der Waals surface area (Å²) in [6.45, 7) is 2.16. The van der Waals surface area contributed by atoms with Crippen LogP contribution < -0.4 is 0 Å². The van der Waals surface area contributed by atoms with Crippen LogP contribution in [0.1, 0.15) is 50.7 Å². The second-order valence-corrected chi connectivity index (χ2v) is 6.23.